The summed E-state index contributed by atoms with van der Waals surface area (Å²) in [6.45, 7) is 12.1. The van der Waals surface area contributed by atoms with E-state index in [9.17, 15) is 18.0 Å². The molecule has 2 aliphatic carbocycles. The largest absolute Gasteiger partial charge is 0.412 e. The smallest absolute Gasteiger partial charge is 0.293 e. The van der Waals surface area contributed by atoms with Crippen LogP contribution in [-0.2, 0) is 11.2 Å². The predicted octanol–water partition coefficient (Wildman–Crippen LogP) is 11.7. The highest BCUT2D eigenvalue weighted by Gasteiger charge is 2.40. The molecular weight excluding hydrogens is 565 g/mol. The summed E-state index contributed by atoms with van der Waals surface area (Å²) in [5.74, 6) is -0.329. The summed E-state index contributed by atoms with van der Waals surface area (Å²) < 4.78 is 42.1. The number of ketones is 1. The Morgan fingerprint density at radius 2 is 1.67 bits per heavy atom. The van der Waals surface area contributed by atoms with Crippen molar-refractivity contribution in [3.8, 4) is 0 Å². The molecule has 2 aliphatic rings. The average Bonchev–Trinajstić information content (AvgIpc) is 3.01. The van der Waals surface area contributed by atoms with Crippen molar-refractivity contribution in [2.45, 2.75) is 84.7 Å². The fourth-order valence-electron chi connectivity index (χ4n) is 6.55. The first-order chi connectivity index (χ1) is 21.5. The molecule has 2 aromatic carbocycles. The number of rotatable bonds is 10. The zero-order valence-corrected chi connectivity index (χ0v) is 27.2. The van der Waals surface area contributed by atoms with Gasteiger partial charge in [-0.25, -0.2) is 0 Å². The number of allylic oxidation sites excluding steroid dienone is 11. The van der Waals surface area contributed by atoms with Gasteiger partial charge >= 0.3 is 6.18 Å². The van der Waals surface area contributed by atoms with E-state index in [1.807, 2.05) is 55.5 Å². The van der Waals surface area contributed by atoms with Gasteiger partial charge in [0.2, 0.25) is 0 Å². The molecule has 0 aliphatic heterocycles. The van der Waals surface area contributed by atoms with Crippen LogP contribution in [-0.4, -0.2) is 12.0 Å². The highest BCUT2D eigenvalue weighted by molar-refractivity contribution is 6.24. The molecule has 4 rings (SSSR count). The van der Waals surface area contributed by atoms with Gasteiger partial charge in [-0.05, 0) is 90.7 Å². The number of benzene rings is 2. The van der Waals surface area contributed by atoms with Crippen molar-refractivity contribution in [3.05, 3.63) is 137 Å². The maximum Gasteiger partial charge on any atom is 0.412 e. The van der Waals surface area contributed by atoms with Gasteiger partial charge in [0.15, 0.2) is 5.78 Å². The second kappa shape index (κ2) is 15.6. The van der Waals surface area contributed by atoms with Crippen LogP contribution >= 0.6 is 0 Å². The Kier molecular flexibility index (Phi) is 11.8. The van der Waals surface area contributed by atoms with Gasteiger partial charge in [-0.15, -0.1) is 0 Å². The summed E-state index contributed by atoms with van der Waals surface area (Å²) in [4.78, 5) is 13.8. The quantitative estimate of drug-likeness (QED) is 0.244. The Morgan fingerprint density at radius 3 is 2.29 bits per heavy atom. The fraction of sp³-hybridized carbons (Fsp3) is 0.390. The van der Waals surface area contributed by atoms with Crippen LogP contribution in [0.25, 0.3) is 5.57 Å². The van der Waals surface area contributed by atoms with Crippen LogP contribution in [0.15, 0.2) is 120 Å². The number of carbonyl (C=O) groups is 1. The molecule has 2 atom stereocenters. The summed E-state index contributed by atoms with van der Waals surface area (Å²) >= 11 is 0. The summed E-state index contributed by atoms with van der Waals surface area (Å²) in [5.41, 5.74) is 5.79. The molecule has 0 bridgehead atoms. The summed E-state index contributed by atoms with van der Waals surface area (Å²) in [6, 6.07) is 18.3. The summed E-state index contributed by atoms with van der Waals surface area (Å²) in [6.07, 6.45) is 12.3. The molecule has 0 N–H and O–H groups in total. The predicted molar refractivity (Wildman–Crippen MR) is 182 cm³/mol. The van der Waals surface area contributed by atoms with E-state index in [4.69, 9.17) is 0 Å². The molecule has 1 saturated carbocycles. The number of Topliss-reactive ketones (excluding diaryl/α,β-unsaturated/α-hetero) is 1. The maximum atomic E-state index is 14.0. The molecule has 2 unspecified atom stereocenters. The Bertz CT molecular complexity index is 1470. The van der Waals surface area contributed by atoms with E-state index in [0.29, 0.717) is 23.5 Å². The average molecular weight is 613 g/mol. The molecule has 0 spiro atoms. The van der Waals surface area contributed by atoms with Crippen molar-refractivity contribution in [2.75, 3.05) is 0 Å². The zero-order chi connectivity index (χ0) is 32.6. The molecule has 2 aromatic rings. The van der Waals surface area contributed by atoms with Gasteiger partial charge in [0, 0.05) is 17.1 Å². The van der Waals surface area contributed by atoms with E-state index in [-0.39, 0.29) is 12.2 Å². The molecule has 0 saturated heterocycles. The molecule has 1 nitrogen and oxygen atoms in total. The number of hydrogen-bond donors (Lipinski definition) is 0. The van der Waals surface area contributed by atoms with Crippen molar-refractivity contribution in [2.24, 2.45) is 17.8 Å². The van der Waals surface area contributed by atoms with Gasteiger partial charge < -0.3 is 0 Å². The molecule has 0 amide bonds. The SMILES string of the molecule is C=C1/C(=C\C=C(/C)Cc2ccc(C3CCC(C)CC3)cc2)C=C(c2ccccc2)C(=O)C1CC(C)/C(=C\C=C/CC)C(F)(F)F. The normalized spacial score (nSPS) is 23.5. The van der Waals surface area contributed by atoms with E-state index < -0.39 is 23.6 Å². The van der Waals surface area contributed by atoms with Crippen molar-refractivity contribution >= 4 is 11.4 Å². The third kappa shape index (κ3) is 9.19. The highest BCUT2D eigenvalue weighted by atomic mass is 19.4. The third-order valence-corrected chi connectivity index (χ3v) is 9.35. The van der Waals surface area contributed by atoms with Gasteiger partial charge in [-0.2, -0.15) is 13.2 Å². The lowest BCUT2D eigenvalue weighted by molar-refractivity contribution is -0.117. The summed E-state index contributed by atoms with van der Waals surface area (Å²) in [7, 11) is 0. The van der Waals surface area contributed by atoms with Crippen molar-refractivity contribution < 1.29 is 18.0 Å². The van der Waals surface area contributed by atoms with Crippen LogP contribution in [0.3, 0.4) is 0 Å². The van der Waals surface area contributed by atoms with Crippen LogP contribution in [0.4, 0.5) is 13.2 Å². The topological polar surface area (TPSA) is 17.1 Å². The third-order valence-electron chi connectivity index (χ3n) is 9.35. The number of carbonyl (C=O) groups excluding carboxylic acids is 1. The van der Waals surface area contributed by atoms with Crippen molar-refractivity contribution in [3.63, 3.8) is 0 Å². The molecule has 0 heterocycles. The Morgan fingerprint density at radius 1 is 1.00 bits per heavy atom. The Balaban J connectivity index is 1.58. The molecular formula is C41H47F3O. The van der Waals surface area contributed by atoms with Crippen LogP contribution in [0.5, 0.6) is 0 Å². The second-order valence-corrected chi connectivity index (χ2v) is 13.0. The van der Waals surface area contributed by atoms with Crippen molar-refractivity contribution in [1.82, 2.24) is 0 Å². The van der Waals surface area contributed by atoms with Gasteiger partial charge in [0.25, 0.3) is 0 Å². The van der Waals surface area contributed by atoms with E-state index in [1.54, 1.807) is 13.0 Å². The minimum absolute atomic E-state index is 0.0272. The standard InChI is InChI=1S/C41H47F3O/c1-6-7-9-14-39(41(42,43)44)30(4)26-37-31(5)36(27-38(40(37)45)35-12-10-8-11-13-35)22-17-29(3)25-32-18-23-34(24-19-32)33-20-15-28(2)16-21-33/h7-14,17-19,22-24,27-28,30,33,37H,5-6,15-16,20-21,25-26H2,1-4H3/b9-7-,29-17+,36-22-,39-14+. The molecule has 0 aromatic heterocycles. The first-order valence-electron chi connectivity index (χ1n) is 16.4. The van der Waals surface area contributed by atoms with E-state index >= 15 is 0 Å². The first kappa shape index (κ1) is 34.2. The monoisotopic (exact) mass is 612 g/mol. The van der Waals surface area contributed by atoms with Gasteiger partial charge in [-0.3, -0.25) is 4.79 Å². The molecule has 4 heteroatoms. The van der Waals surface area contributed by atoms with Crippen molar-refractivity contribution in [1.29, 1.82) is 0 Å². The first-order valence-corrected chi connectivity index (χ1v) is 16.4. The molecule has 45 heavy (non-hydrogen) atoms. The molecule has 238 valence electrons. The minimum Gasteiger partial charge on any atom is -0.293 e. The maximum absolute atomic E-state index is 14.0. The Hall–Kier alpha value is -3.66. The number of hydrogen-bond acceptors (Lipinski definition) is 1. The lowest BCUT2D eigenvalue weighted by Gasteiger charge is -2.29. The van der Waals surface area contributed by atoms with E-state index in [2.05, 4.69) is 44.7 Å². The lowest BCUT2D eigenvalue weighted by Crippen LogP contribution is -2.27. The zero-order valence-electron chi connectivity index (χ0n) is 27.2. The van der Waals surface area contributed by atoms with E-state index in [1.165, 1.54) is 42.9 Å². The van der Waals surface area contributed by atoms with Gasteiger partial charge in [-0.1, -0.05) is 131 Å². The van der Waals surface area contributed by atoms with Crippen LogP contribution < -0.4 is 0 Å². The molecule has 1 fully saturated rings. The fourth-order valence-corrected chi connectivity index (χ4v) is 6.55. The van der Waals surface area contributed by atoms with Gasteiger partial charge in [0.05, 0.1) is 0 Å². The van der Waals surface area contributed by atoms with Crippen LogP contribution in [0.2, 0.25) is 0 Å². The second-order valence-electron chi connectivity index (χ2n) is 13.0. The number of halogens is 3. The van der Waals surface area contributed by atoms with Gasteiger partial charge in [0.1, 0.15) is 0 Å². The Labute approximate surface area is 268 Å². The van der Waals surface area contributed by atoms with E-state index in [0.717, 1.165) is 35.1 Å². The molecule has 0 radical (unpaired) electrons. The summed E-state index contributed by atoms with van der Waals surface area (Å²) in [5, 5.41) is 0. The van der Waals surface area contributed by atoms with Crippen LogP contribution in [0.1, 0.15) is 88.8 Å². The van der Waals surface area contributed by atoms with Crippen LogP contribution in [0, 0.1) is 17.8 Å². The highest BCUT2D eigenvalue weighted by Crippen LogP contribution is 2.41. The number of alkyl halides is 3. The minimum atomic E-state index is -4.49. The lowest BCUT2D eigenvalue weighted by atomic mass is 9.74.